The molecule has 0 saturated heterocycles. The van der Waals surface area contributed by atoms with E-state index in [4.69, 9.17) is 15.0 Å². The molecule has 74 heavy (non-hydrogen) atoms. The van der Waals surface area contributed by atoms with Crippen LogP contribution in [-0.2, 0) is 0 Å². The average molecular weight is 939 g/mol. The van der Waals surface area contributed by atoms with E-state index in [0.29, 0.717) is 23.0 Å². The second-order valence-corrected chi connectivity index (χ2v) is 19.0. The van der Waals surface area contributed by atoms with Crippen LogP contribution in [0.25, 0.3) is 144 Å². The fourth-order valence-electron chi connectivity index (χ4n) is 11.2. The lowest BCUT2D eigenvalue weighted by molar-refractivity contribution is 1.07. The Morgan fingerprint density at radius 1 is 0.243 bits per heavy atom. The van der Waals surface area contributed by atoms with Crippen LogP contribution in [0.2, 0.25) is 0 Å². The summed E-state index contributed by atoms with van der Waals surface area (Å²) in [6.45, 7) is 0. The minimum atomic E-state index is 0.574. The van der Waals surface area contributed by atoms with Gasteiger partial charge in [0, 0.05) is 22.3 Å². The molecule has 0 unspecified atom stereocenters. The number of nitrogens with zero attached hydrogens (tertiary/aromatic N) is 4. The lowest BCUT2D eigenvalue weighted by Gasteiger charge is -2.16. The molecule has 0 aliphatic heterocycles. The van der Waals surface area contributed by atoms with Gasteiger partial charge in [-0.2, -0.15) is 5.26 Å². The predicted octanol–water partition coefficient (Wildman–Crippen LogP) is 18.2. The van der Waals surface area contributed by atoms with E-state index in [1.165, 1.54) is 54.6 Å². The molecule has 1 aromatic heterocycles. The molecule has 0 saturated carbocycles. The van der Waals surface area contributed by atoms with Gasteiger partial charge in [0.1, 0.15) is 0 Å². The fraction of sp³-hybridized carbons (Fsp3) is 0. The van der Waals surface area contributed by atoms with Crippen molar-refractivity contribution in [2.45, 2.75) is 0 Å². The number of hydrogen-bond acceptors (Lipinski definition) is 4. The lowest BCUT2D eigenvalue weighted by Crippen LogP contribution is -2.00. The second kappa shape index (κ2) is 17.6. The highest BCUT2D eigenvalue weighted by Gasteiger charge is 2.22. The van der Waals surface area contributed by atoms with E-state index in [0.717, 1.165) is 72.3 Å². The molecule has 0 bridgehead atoms. The monoisotopic (exact) mass is 938 g/mol. The van der Waals surface area contributed by atoms with E-state index in [1.807, 2.05) is 42.5 Å². The van der Waals surface area contributed by atoms with Crippen LogP contribution in [0.15, 0.2) is 255 Å². The smallest absolute Gasteiger partial charge is 0.164 e. The van der Waals surface area contributed by atoms with Crippen LogP contribution >= 0.6 is 0 Å². The summed E-state index contributed by atoms with van der Waals surface area (Å²) in [5, 5.41) is 18.3. The second-order valence-electron chi connectivity index (χ2n) is 19.0. The first-order valence-electron chi connectivity index (χ1n) is 25.0. The summed E-state index contributed by atoms with van der Waals surface area (Å²) in [7, 11) is 0. The highest BCUT2D eigenvalue weighted by Crippen LogP contribution is 2.49. The van der Waals surface area contributed by atoms with Crippen molar-refractivity contribution < 1.29 is 0 Å². The van der Waals surface area contributed by atoms with Gasteiger partial charge < -0.3 is 0 Å². The summed E-state index contributed by atoms with van der Waals surface area (Å²) < 4.78 is 0. The summed E-state index contributed by atoms with van der Waals surface area (Å²) in [5.74, 6) is 1.77. The zero-order chi connectivity index (χ0) is 49.1. The van der Waals surface area contributed by atoms with E-state index in [2.05, 4.69) is 218 Å². The van der Waals surface area contributed by atoms with E-state index in [9.17, 15) is 5.26 Å². The van der Waals surface area contributed by atoms with Crippen molar-refractivity contribution in [1.29, 1.82) is 5.26 Å². The fourth-order valence-corrected chi connectivity index (χ4v) is 11.2. The molecule has 0 N–H and O–H groups in total. The largest absolute Gasteiger partial charge is 0.208 e. The van der Waals surface area contributed by atoms with Gasteiger partial charge in [0.15, 0.2) is 17.5 Å². The molecule has 4 nitrogen and oxygen atoms in total. The van der Waals surface area contributed by atoms with Crippen molar-refractivity contribution in [3.05, 3.63) is 260 Å². The standard InChI is InChI=1S/C70H42N4/c71-43-53-40-51(56-24-7-9-27-60(56)65-42-50-17-4-5-22-55(50)59-26-10-11-28-61(59)65)36-37-57(53)58-25-8-6-23-54(58)49-20-12-21-52(39-49)70-73-68(46-15-2-1-3-16-46)72-69(74-70)47-33-31-44(32-34-47)48-35-38-62-63-29-13-18-45-19-14-30-64(67(45)63)66(62)41-48/h1-42H. The normalized spacial score (nSPS) is 11.5. The van der Waals surface area contributed by atoms with Gasteiger partial charge in [0.25, 0.3) is 0 Å². The molecule has 0 radical (unpaired) electrons. The molecule has 342 valence electrons. The van der Waals surface area contributed by atoms with Crippen molar-refractivity contribution in [2.75, 3.05) is 0 Å². The van der Waals surface area contributed by atoms with Gasteiger partial charge in [-0.15, -0.1) is 0 Å². The molecular formula is C70H42N4. The minimum Gasteiger partial charge on any atom is -0.208 e. The topological polar surface area (TPSA) is 62.5 Å². The van der Waals surface area contributed by atoms with Gasteiger partial charge in [-0.3, -0.25) is 0 Å². The first kappa shape index (κ1) is 42.8. The van der Waals surface area contributed by atoms with E-state index < -0.39 is 0 Å². The zero-order valence-electron chi connectivity index (χ0n) is 40.0. The molecule has 4 heteroatoms. The van der Waals surface area contributed by atoms with Crippen molar-refractivity contribution >= 4 is 32.3 Å². The van der Waals surface area contributed by atoms with Gasteiger partial charge in [0.2, 0.25) is 0 Å². The van der Waals surface area contributed by atoms with Gasteiger partial charge in [0.05, 0.1) is 11.6 Å². The Morgan fingerprint density at radius 2 is 0.703 bits per heavy atom. The Hall–Kier alpha value is -10.1. The molecule has 1 aliphatic carbocycles. The highest BCUT2D eigenvalue weighted by atomic mass is 15.0. The van der Waals surface area contributed by atoms with E-state index >= 15 is 0 Å². The summed E-state index contributed by atoms with van der Waals surface area (Å²) in [6.07, 6.45) is 0. The Bertz CT molecular complexity index is 4430. The van der Waals surface area contributed by atoms with Crippen LogP contribution in [0.3, 0.4) is 0 Å². The van der Waals surface area contributed by atoms with Gasteiger partial charge >= 0.3 is 0 Å². The third-order valence-electron chi connectivity index (χ3n) is 14.7. The number of benzene rings is 12. The van der Waals surface area contributed by atoms with Crippen molar-refractivity contribution in [2.24, 2.45) is 0 Å². The summed E-state index contributed by atoms with van der Waals surface area (Å²) in [4.78, 5) is 15.3. The van der Waals surface area contributed by atoms with Crippen LogP contribution in [0.1, 0.15) is 5.56 Å². The maximum absolute atomic E-state index is 10.9. The Labute approximate surface area is 428 Å². The molecule has 1 aliphatic rings. The number of aromatic nitrogens is 3. The maximum atomic E-state index is 10.9. The molecule has 14 rings (SSSR count). The molecular weight excluding hydrogens is 897 g/mol. The van der Waals surface area contributed by atoms with Crippen LogP contribution in [0.4, 0.5) is 0 Å². The van der Waals surface area contributed by atoms with Gasteiger partial charge in [-0.05, 0) is 129 Å². The van der Waals surface area contributed by atoms with Crippen molar-refractivity contribution in [1.82, 2.24) is 15.0 Å². The first-order valence-corrected chi connectivity index (χ1v) is 25.0. The molecule has 0 fully saturated rings. The predicted molar refractivity (Wildman–Crippen MR) is 305 cm³/mol. The molecule has 0 atom stereocenters. The van der Waals surface area contributed by atoms with Crippen LogP contribution in [0, 0.1) is 11.3 Å². The van der Waals surface area contributed by atoms with Crippen LogP contribution < -0.4 is 0 Å². The Morgan fingerprint density at radius 3 is 1.43 bits per heavy atom. The Balaban J connectivity index is 0.814. The van der Waals surface area contributed by atoms with Crippen LogP contribution in [-0.4, -0.2) is 15.0 Å². The Kier molecular flexibility index (Phi) is 10.2. The van der Waals surface area contributed by atoms with E-state index in [-0.39, 0.29) is 0 Å². The third kappa shape index (κ3) is 7.26. The summed E-state index contributed by atoms with van der Waals surface area (Å²) in [6, 6.07) is 92.2. The number of hydrogen-bond donors (Lipinski definition) is 0. The first-order chi connectivity index (χ1) is 36.6. The number of rotatable bonds is 8. The van der Waals surface area contributed by atoms with E-state index in [1.54, 1.807) is 0 Å². The maximum Gasteiger partial charge on any atom is 0.164 e. The molecule has 1 heterocycles. The SMILES string of the molecule is N#Cc1cc(-c2ccccc2-c2cc3ccccc3c3ccccc23)ccc1-c1ccccc1-c1cccc(-c2nc(-c3ccccc3)nc(-c3ccc(-c4ccc5c(c4)-c4cccc6cccc-5c46)cc3)n2)c1. The molecule has 0 spiro atoms. The zero-order valence-corrected chi connectivity index (χ0v) is 40.0. The number of fused-ring (bicyclic) bond motifs is 6. The van der Waals surface area contributed by atoms with Crippen molar-refractivity contribution in [3.63, 3.8) is 0 Å². The summed E-state index contributed by atoms with van der Waals surface area (Å²) in [5.41, 5.74) is 18.8. The van der Waals surface area contributed by atoms with Crippen LogP contribution in [0.5, 0.6) is 0 Å². The lowest BCUT2D eigenvalue weighted by atomic mass is 9.87. The number of nitriles is 1. The average Bonchev–Trinajstić information content (AvgIpc) is 3.81. The van der Waals surface area contributed by atoms with Gasteiger partial charge in [-0.25, -0.2) is 15.0 Å². The van der Waals surface area contributed by atoms with Gasteiger partial charge in [-0.1, -0.05) is 231 Å². The highest BCUT2D eigenvalue weighted by molar-refractivity contribution is 6.16. The quantitative estimate of drug-likeness (QED) is 0.142. The summed E-state index contributed by atoms with van der Waals surface area (Å²) >= 11 is 0. The third-order valence-corrected chi connectivity index (χ3v) is 14.7. The molecule has 12 aromatic carbocycles. The molecule has 0 amide bonds. The molecule has 13 aromatic rings. The van der Waals surface area contributed by atoms with Crippen molar-refractivity contribution in [3.8, 4) is 118 Å². The minimum absolute atomic E-state index is 0.574.